The molecule has 0 aliphatic carbocycles. The predicted molar refractivity (Wildman–Crippen MR) is 134 cm³/mol. The molecule has 36 heavy (non-hydrogen) atoms. The number of benzene rings is 3. The van der Waals surface area contributed by atoms with Crippen LogP contribution >= 0.6 is 0 Å². The summed E-state index contributed by atoms with van der Waals surface area (Å²) >= 11 is 0. The summed E-state index contributed by atoms with van der Waals surface area (Å²) in [5, 5.41) is 17.4. The normalized spacial score (nSPS) is 13.3. The lowest BCUT2D eigenvalue weighted by Crippen LogP contribution is -2.30. The largest absolute Gasteiger partial charge is 0.374 e. The summed E-state index contributed by atoms with van der Waals surface area (Å²) in [5.74, 6) is 0.186. The molecule has 1 atom stereocenters. The number of rotatable bonds is 4. The molecule has 0 saturated heterocycles. The highest BCUT2D eigenvalue weighted by molar-refractivity contribution is 5.88. The first-order valence-corrected chi connectivity index (χ1v) is 11.4. The summed E-state index contributed by atoms with van der Waals surface area (Å²) in [6, 6.07) is 20.5. The minimum absolute atomic E-state index is 0.283. The Morgan fingerprint density at radius 3 is 2.50 bits per heavy atom. The van der Waals surface area contributed by atoms with Crippen molar-refractivity contribution < 1.29 is 14.0 Å². The van der Waals surface area contributed by atoms with Crippen molar-refractivity contribution in [2.45, 2.75) is 19.4 Å². The molecule has 0 bridgehead atoms. The number of H-pyrrole nitrogens is 2. The van der Waals surface area contributed by atoms with Crippen LogP contribution in [-0.2, 0) is 5.60 Å². The number of nitrogens with one attached hydrogen (secondary N) is 2. The van der Waals surface area contributed by atoms with E-state index in [-0.39, 0.29) is 5.69 Å². The van der Waals surface area contributed by atoms with Crippen molar-refractivity contribution in [3.05, 3.63) is 117 Å². The zero-order valence-electron chi connectivity index (χ0n) is 19.5. The number of halogens is 1. The molecule has 3 heterocycles. The Morgan fingerprint density at radius 1 is 0.972 bits per heavy atom. The summed E-state index contributed by atoms with van der Waals surface area (Å²) in [7, 11) is 0. The molecule has 0 aliphatic heterocycles. The van der Waals surface area contributed by atoms with Crippen molar-refractivity contribution in [1.29, 1.82) is 0 Å². The van der Waals surface area contributed by atoms with Crippen LogP contribution in [0.2, 0.25) is 0 Å². The second kappa shape index (κ2) is 8.00. The molecule has 0 spiro atoms. The number of aromatic nitrogens is 4. The highest BCUT2D eigenvalue weighted by Crippen LogP contribution is 2.41. The van der Waals surface area contributed by atoms with E-state index in [1.807, 2.05) is 44.2 Å². The molecule has 3 N–H and O–H groups in total. The molecule has 1 unspecified atom stereocenters. The lowest BCUT2D eigenvalue weighted by molar-refractivity contribution is 0.122. The number of pyridine rings is 1. The Labute approximate surface area is 204 Å². The van der Waals surface area contributed by atoms with Crippen LogP contribution in [0.1, 0.15) is 28.3 Å². The summed E-state index contributed by atoms with van der Waals surface area (Å²) in [5.41, 5.74) is 2.53. The van der Waals surface area contributed by atoms with Gasteiger partial charge >= 0.3 is 5.69 Å². The third-order valence-electron chi connectivity index (χ3n) is 6.55. The number of aliphatic hydroxyl groups is 1. The van der Waals surface area contributed by atoms with Crippen LogP contribution in [0.4, 0.5) is 4.39 Å². The van der Waals surface area contributed by atoms with E-state index in [0.29, 0.717) is 44.7 Å². The molecule has 6 rings (SSSR count). The molecule has 6 aromatic rings. The maximum atomic E-state index is 14.0. The van der Waals surface area contributed by atoms with Crippen LogP contribution in [0.3, 0.4) is 0 Å². The molecule has 0 saturated carbocycles. The Balaban J connectivity index is 1.72. The monoisotopic (exact) mass is 480 g/mol. The van der Waals surface area contributed by atoms with Gasteiger partial charge in [-0.15, -0.1) is 0 Å². The van der Waals surface area contributed by atoms with Crippen LogP contribution in [-0.4, -0.2) is 25.2 Å². The molecule has 0 aliphatic rings. The molecule has 7 nitrogen and oxygen atoms in total. The van der Waals surface area contributed by atoms with Crippen molar-refractivity contribution in [3.63, 3.8) is 0 Å². The maximum absolute atomic E-state index is 14.0. The second-order valence-corrected chi connectivity index (χ2v) is 8.83. The quantitative estimate of drug-likeness (QED) is 0.325. The Kier molecular flexibility index (Phi) is 4.87. The smallest absolute Gasteiger partial charge is 0.323 e. The second-order valence-electron chi connectivity index (χ2n) is 8.83. The van der Waals surface area contributed by atoms with Crippen molar-refractivity contribution in [2.75, 3.05) is 0 Å². The van der Waals surface area contributed by atoms with E-state index in [4.69, 9.17) is 4.52 Å². The number of hydrogen-bond donors (Lipinski definition) is 3. The van der Waals surface area contributed by atoms with Crippen LogP contribution in [0.15, 0.2) is 82.1 Å². The molecule has 3 aromatic carbocycles. The third kappa shape index (κ3) is 3.34. The lowest BCUT2D eigenvalue weighted by Gasteiger charge is -2.30. The fourth-order valence-electron chi connectivity index (χ4n) is 4.88. The number of nitrogens with zero attached hydrogens (tertiary/aromatic N) is 2. The van der Waals surface area contributed by atoms with Gasteiger partial charge in [0.05, 0.1) is 27.9 Å². The SMILES string of the molecule is Cc1noc(C)c1-c1cc(C(O)(c2ccccc2)c2ccc3ccc(F)cc3n2)c2[nH]c(=O)[nH]c2c1. The molecule has 3 aromatic heterocycles. The molecular formula is C28H21FN4O3. The first kappa shape index (κ1) is 21.9. The van der Waals surface area contributed by atoms with E-state index in [0.717, 1.165) is 10.9 Å². The standard InChI is InChI=1S/C28H21FN4O3/c1-15-25(16(2)36-33-15)18-12-21(26-23(13-18)31-27(34)32-26)28(35,19-6-4-3-5-7-19)24-11-9-17-8-10-20(29)14-22(17)30-24/h3-14,35H,1-2H3,(H2,31,32,34). The topological polar surface area (TPSA) is 108 Å². The molecule has 8 heteroatoms. The van der Waals surface area contributed by atoms with Gasteiger partial charge < -0.3 is 19.6 Å². The molecule has 0 fully saturated rings. The summed E-state index contributed by atoms with van der Waals surface area (Å²) in [4.78, 5) is 22.7. The first-order chi connectivity index (χ1) is 17.3. The Hall–Kier alpha value is -4.56. The van der Waals surface area contributed by atoms with Gasteiger partial charge in [-0.1, -0.05) is 41.6 Å². The summed E-state index contributed by atoms with van der Waals surface area (Å²) in [6.07, 6.45) is 0. The van der Waals surface area contributed by atoms with Crippen molar-refractivity contribution >= 4 is 21.9 Å². The van der Waals surface area contributed by atoms with Gasteiger partial charge in [-0.2, -0.15) is 0 Å². The van der Waals surface area contributed by atoms with E-state index >= 15 is 0 Å². The van der Waals surface area contributed by atoms with Gasteiger partial charge in [-0.05, 0) is 55.3 Å². The average molecular weight is 480 g/mol. The first-order valence-electron chi connectivity index (χ1n) is 11.4. The molecular weight excluding hydrogens is 459 g/mol. The van der Waals surface area contributed by atoms with Crippen molar-refractivity contribution in [1.82, 2.24) is 20.1 Å². The van der Waals surface area contributed by atoms with Crippen molar-refractivity contribution in [3.8, 4) is 11.1 Å². The number of hydrogen-bond acceptors (Lipinski definition) is 5. The van der Waals surface area contributed by atoms with Crippen LogP contribution < -0.4 is 5.69 Å². The predicted octanol–water partition coefficient (Wildman–Crippen LogP) is 5.10. The van der Waals surface area contributed by atoms with Gasteiger partial charge in [0.15, 0.2) is 5.60 Å². The number of aryl methyl sites for hydroxylation is 2. The number of fused-ring (bicyclic) bond motifs is 2. The molecule has 178 valence electrons. The molecule has 0 amide bonds. The van der Waals surface area contributed by atoms with Crippen molar-refractivity contribution in [2.24, 2.45) is 0 Å². The van der Waals surface area contributed by atoms with E-state index in [9.17, 15) is 14.3 Å². The Morgan fingerprint density at radius 2 is 1.75 bits per heavy atom. The zero-order valence-corrected chi connectivity index (χ0v) is 19.5. The van der Waals surface area contributed by atoms with Gasteiger partial charge in [0.25, 0.3) is 0 Å². The fourth-order valence-corrected chi connectivity index (χ4v) is 4.88. The van der Waals surface area contributed by atoms with E-state index in [1.165, 1.54) is 12.1 Å². The van der Waals surface area contributed by atoms with Crippen LogP contribution in [0.5, 0.6) is 0 Å². The minimum Gasteiger partial charge on any atom is -0.374 e. The fraction of sp³-hybridized carbons (Fsp3) is 0.107. The lowest BCUT2D eigenvalue weighted by atomic mass is 9.81. The summed E-state index contributed by atoms with van der Waals surface area (Å²) in [6.45, 7) is 3.64. The van der Waals surface area contributed by atoms with Gasteiger partial charge in [0, 0.05) is 22.6 Å². The van der Waals surface area contributed by atoms with Gasteiger partial charge in [-0.3, -0.25) is 0 Å². The number of imidazole rings is 1. The maximum Gasteiger partial charge on any atom is 0.323 e. The highest BCUT2D eigenvalue weighted by Gasteiger charge is 2.38. The molecule has 0 radical (unpaired) electrons. The van der Waals surface area contributed by atoms with E-state index in [1.54, 1.807) is 30.3 Å². The van der Waals surface area contributed by atoms with E-state index in [2.05, 4.69) is 20.1 Å². The highest BCUT2D eigenvalue weighted by atomic mass is 19.1. The van der Waals surface area contributed by atoms with Crippen LogP contribution in [0, 0.1) is 19.7 Å². The van der Waals surface area contributed by atoms with Gasteiger partial charge in [-0.25, -0.2) is 14.2 Å². The average Bonchev–Trinajstić information content (AvgIpc) is 3.42. The Bertz CT molecular complexity index is 1800. The van der Waals surface area contributed by atoms with Crippen LogP contribution in [0.25, 0.3) is 33.1 Å². The van der Waals surface area contributed by atoms with Gasteiger partial charge in [0.1, 0.15) is 11.6 Å². The number of aromatic amines is 2. The third-order valence-corrected chi connectivity index (χ3v) is 6.55. The summed E-state index contributed by atoms with van der Waals surface area (Å²) < 4.78 is 19.4. The zero-order chi connectivity index (χ0) is 25.0. The van der Waals surface area contributed by atoms with Gasteiger partial charge in [0.2, 0.25) is 0 Å². The minimum atomic E-state index is -1.79. The van der Waals surface area contributed by atoms with E-state index < -0.39 is 17.1 Å².